The lowest BCUT2D eigenvalue weighted by Crippen LogP contribution is -2.20. The van der Waals surface area contributed by atoms with Crippen molar-refractivity contribution in [2.75, 3.05) is 17.7 Å². The first-order valence-corrected chi connectivity index (χ1v) is 11.4. The van der Waals surface area contributed by atoms with E-state index in [1.165, 1.54) is 18.4 Å². The Balaban J connectivity index is 1.44. The lowest BCUT2D eigenvalue weighted by atomic mass is 10.2. The average molecular weight is 527 g/mol. The molecule has 12 heteroatoms. The van der Waals surface area contributed by atoms with Gasteiger partial charge < -0.3 is 10.1 Å². The summed E-state index contributed by atoms with van der Waals surface area (Å²) in [5.41, 5.74) is 1.47. The van der Waals surface area contributed by atoms with Crippen LogP contribution in [-0.2, 0) is 11.3 Å². The summed E-state index contributed by atoms with van der Waals surface area (Å²) in [5.74, 6) is -0.151. The van der Waals surface area contributed by atoms with Crippen LogP contribution < -0.4 is 10.6 Å². The predicted octanol–water partition coefficient (Wildman–Crippen LogP) is 6.10. The molecule has 0 fully saturated rings. The van der Waals surface area contributed by atoms with Crippen LogP contribution in [0, 0.1) is 0 Å². The zero-order chi connectivity index (χ0) is 22.8. The highest BCUT2D eigenvalue weighted by Gasteiger charge is 2.18. The lowest BCUT2D eigenvalue weighted by Gasteiger charge is -2.08. The van der Waals surface area contributed by atoms with Crippen molar-refractivity contribution in [2.45, 2.75) is 6.54 Å². The molecular weight excluding hydrogens is 513 g/mol. The number of esters is 1. The molecular formula is C20H14Cl3N5O2S2. The number of fused-ring (bicyclic) bond motifs is 1. The highest BCUT2D eigenvalue weighted by Crippen LogP contribution is 2.37. The van der Waals surface area contributed by atoms with E-state index in [1.54, 1.807) is 35.3 Å². The van der Waals surface area contributed by atoms with Gasteiger partial charge in [0.25, 0.3) is 0 Å². The minimum absolute atomic E-state index is 0.300. The molecule has 0 saturated heterocycles. The maximum Gasteiger partial charge on any atom is 0.349 e. The van der Waals surface area contributed by atoms with Crippen LogP contribution in [-0.4, -0.2) is 33.0 Å². The van der Waals surface area contributed by atoms with Gasteiger partial charge in [-0.25, -0.2) is 14.5 Å². The number of aromatic nitrogens is 3. The van der Waals surface area contributed by atoms with Crippen LogP contribution in [0.25, 0.3) is 10.1 Å². The monoisotopic (exact) mass is 525 g/mol. The van der Waals surface area contributed by atoms with Gasteiger partial charge in [-0.2, -0.15) is 0 Å². The number of carbonyl (C=O) groups is 1. The number of carbonyl (C=O) groups excluding carboxylic acids is 1. The predicted molar refractivity (Wildman–Crippen MR) is 134 cm³/mol. The van der Waals surface area contributed by atoms with E-state index in [-0.39, 0.29) is 0 Å². The quantitative estimate of drug-likeness (QED) is 0.240. The van der Waals surface area contributed by atoms with Crippen molar-refractivity contribution in [3.8, 4) is 0 Å². The zero-order valence-electron chi connectivity index (χ0n) is 16.4. The fraction of sp³-hybridized carbons (Fsp3) is 0.100. The van der Waals surface area contributed by atoms with Crippen molar-refractivity contribution < 1.29 is 9.53 Å². The number of rotatable bonds is 5. The van der Waals surface area contributed by atoms with Gasteiger partial charge in [-0.05, 0) is 42.5 Å². The average Bonchev–Trinajstić information content (AvgIpc) is 3.34. The molecule has 4 rings (SSSR count). The molecule has 0 spiro atoms. The summed E-state index contributed by atoms with van der Waals surface area (Å²) in [5, 5.41) is 12.9. The first kappa shape index (κ1) is 22.8. The van der Waals surface area contributed by atoms with Crippen LogP contribution in [0.2, 0.25) is 15.1 Å². The normalized spacial score (nSPS) is 10.9. The molecule has 2 aromatic carbocycles. The van der Waals surface area contributed by atoms with Crippen LogP contribution >= 0.6 is 58.4 Å². The Kier molecular flexibility index (Phi) is 6.82. The molecule has 4 aromatic rings. The SMILES string of the molecule is COC(=O)c1sc2cc(NC(=S)Nc3ncn(Cc4c(Cl)cccc4Cl)n3)ccc2c1Cl. The molecule has 0 bridgehead atoms. The van der Waals surface area contributed by atoms with Gasteiger partial charge in [-0.1, -0.05) is 40.9 Å². The van der Waals surface area contributed by atoms with Gasteiger partial charge in [-0.3, -0.25) is 5.32 Å². The number of hydrogen-bond donors (Lipinski definition) is 2. The van der Waals surface area contributed by atoms with E-state index in [4.69, 9.17) is 51.8 Å². The van der Waals surface area contributed by atoms with Crippen LogP contribution in [0.4, 0.5) is 11.6 Å². The molecule has 0 atom stereocenters. The Labute approximate surface area is 207 Å². The molecule has 2 heterocycles. The molecule has 7 nitrogen and oxygen atoms in total. The Bertz CT molecular complexity index is 1320. The summed E-state index contributed by atoms with van der Waals surface area (Å²) >= 11 is 25.3. The topological polar surface area (TPSA) is 81.1 Å². The second-order valence-corrected chi connectivity index (χ2v) is 9.15. The third-order valence-corrected chi connectivity index (χ3v) is 6.95. The minimum Gasteiger partial charge on any atom is -0.465 e. The van der Waals surface area contributed by atoms with Crippen molar-refractivity contribution in [3.63, 3.8) is 0 Å². The van der Waals surface area contributed by atoms with Gasteiger partial charge in [0.15, 0.2) is 5.11 Å². The Morgan fingerprint density at radius 2 is 1.94 bits per heavy atom. The van der Waals surface area contributed by atoms with Crippen LogP contribution in [0.3, 0.4) is 0 Å². The molecule has 164 valence electrons. The van der Waals surface area contributed by atoms with Crippen molar-refractivity contribution in [2.24, 2.45) is 0 Å². The Morgan fingerprint density at radius 1 is 1.19 bits per heavy atom. The summed E-state index contributed by atoms with van der Waals surface area (Å²) in [7, 11) is 1.32. The van der Waals surface area contributed by atoms with E-state index in [0.29, 0.717) is 43.2 Å². The van der Waals surface area contributed by atoms with Crippen molar-refractivity contribution in [1.29, 1.82) is 0 Å². The molecule has 0 amide bonds. The maximum absolute atomic E-state index is 11.9. The van der Waals surface area contributed by atoms with Gasteiger partial charge in [0.05, 0.1) is 18.7 Å². The standard InChI is InChI=1S/C20H14Cl3N5O2S2/c1-30-18(29)17-16(23)11-6-5-10(7-15(11)32-17)25-20(31)26-19-24-9-28(27-19)8-12-13(21)3-2-4-14(12)22/h2-7,9H,8H2,1H3,(H2,25,26,27,31). The smallest absolute Gasteiger partial charge is 0.349 e. The Hall–Kier alpha value is -2.43. The van der Waals surface area contributed by atoms with Crippen LogP contribution in [0.5, 0.6) is 0 Å². The van der Waals surface area contributed by atoms with Gasteiger partial charge in [0, 0.05) is 31.4 Å². The largest absolute Gasteiger partial charge is 0.465 e. The molecule has 0 aliphatic heterocycles. The maximum atomic E-state index is 11.9. The number of nitrogens with zero attached hydrogens (tertiary/aromatic N) is 3. The highest BCUT2D eigenvalue weighted by molar-refractivity contribution is 7.80. The van der Waals surface area contributed by atoms with Gasteiger partial charge >= 0.3 is 5.97 Å². The molecule has 2 N–H and O–H groups in total. The van der Waals surface area contributed by atoms with E-state index in [0.717, 1.165) is 15.6 Å². The summed E-state index contributed by atoms with van der Waals surface area (Å²) in [6.07, 6.45) is 1.55. The van der Waals surface area contributed by atoms with Crippen LogP contribution in [0.1, 0.15) is 15.2 Å². The third kappa shape index (κ3) is 4.82. The summed E-state index contributed by atoms with van der Waals surface area (Å²) in [4.78, 5) is 16.4. The highest BCUT2D eigenvalue weighted by atomic mass is 35.5. The summed E-state index contributed by atoms with van der Waals surface area (Å²) < 4.78 is 7.20. The number of ether oxygens (including phenoxy) is 1. The summed E-state index contributed by atoms with van der Waals surface area (Å²) in [6, 6.07) is 10.8. The molecule has 0 aliphatic rings. The third-order valence-electron chi connectivity index (χ3n) is 4.40. The molecule has 0 aliphatic carbocycles. The molecule has 0 saturated carbocycles. The zero-order valence-corrected chi connectivity index (χ0v) is 20.3. The Morgan fingerprint density at radius 3 is 2.66 bits per heavy atom. The van der Waals surface area contributed by atoms with E-state index in [1.807, 2.05) is 12.1 Å². The van der Waals surface area contributed by atoms with Crippen molar-refractivity contribution >= 4 is 91.2 Å². The second kappa shape index (κ2) is 9.60. The number of benzene rings is 2. The summed E-state index contributed by atoms with van der Waals surface area (Å²) in [6.45, 7) is 0.367. The number of nitrogens with one attached hydrogen (secondary N) is 2. The molecule has 32 heavy (non-hydrogen) atoms. The molecule has 0 radical (unpaired) electrons. The fourth-order valence-corrected chi connectivity index (χ4v) is 5.10. The number of thiocarbonyl (C=S) groups is 1. The number of methoxy groups -OCH3 is 1. The fourth-order valence-electron chi connectivity index (χ4n) is 2.90. The van der Waals surface area contributed by atoms with Gasteiger partial charge in [0.2, 0.25) is 5.95 Å². The number of halogens is 3. The van der Waals surface area contributed by atoms with Gasteiger partial charge in [-0.15, -0.1) is 16.4 Å². The van der Waals surface area contributed by atoms with E-state index in [9.17, 15) is 4.79 Å². The number of hydrogen-bond acceptors (Lipinski definition) is 6. The van der Waals surface area contributed by atoms with Crippen LogP contribution in [0.15, 0.2) is 42.7 Å². The van der Waals surface area contributed by atoms with Gasteiger partial charge in [0.1, 0.15) is 11.2 Å². The lowest BCUT2D eigenvalue weighted by molar-refractivity contribution is 0.0606. The molecule has 0 unspecified atom stereocenters. The first-order chi connectivity index (χ1) is 15.4. The number of anilines is 2. The van der Waals surface area contributed by atoms with Crippen molar-refractivity contribution in [1.82, 2.24) is 14.8 Å². The minimum atomic E-state index is -0.470. The van der Waals surface area contributed by atoms with E-state index < -0.39 is 5.97 Å². The van der Waals surface area contributed by atoms with E-state index >= 15 is 0 Å². The van der Waals surface area contributed by atoms with E-state index in [2.05, 4.69) is 20.7 Å². The first-order valence-electron chi connectivity index (χ1n) is 9.06. The van der Waals surface area contributed by atoms with Crippen molar-refractivity contribution in [3.05, 3.63) is 68.2 Å². The second-order valence-electron chi connectivity index (χ2n) is 6.49. The molecule has 2 aromatic heterocycles. The number of thiophene rings is 1.